The number of rotatable bonds is 5. The summed E-state index contributed by atoms with van der Waals surface area (Å²) in [6, 6.07) is 7.11. The van der Waals surface area contributed by atoms with E-state index in [4.69, 9.17) is 0 Å². The standard InChI is InChI=1S/C14H16F2O3/c1-3-19-13(18)14(15,16)12(17)9-8-11-7-5-4-6-10(11)2/h4-9,12,17H,3H2,1-2H3/b9-8+. The van der Waals surface area contributed by atoms with Crippen molar-refractivity contribution in [2.24, 2.45) is 0 Å². The van der Waals surface area contributed by atoms with E-state index in [1.54, 1.807) is 12.1 Å². The van der Waals surface area contributed by atoms with Gasteiger partial charge < -0.3 is 9.84 Å². The molecule has 1 N–H and O–H groups in total. The minimum Gasteiger partial charge on any atom is -0.461 e. The van der Waals surface area contributed by atoms with Crippen LogP contribution in [-0.2, 0) is 9.53 Å². The highest BCUT2D eigenvalue weighted by Crippen LogP contribution is 2.22. The first-order chi connectivity index (χ1) is 8.89. The summed E-state index contributed by atoms with van der Waals surface area (Å²) in [4.78, 5) is 11.0. The highest BCUT2D eigenvalue weighted by molar-refractivity contribution is 5.79. The van der Waals surface area contributed by atoms with Crippen molar-refractivity contribution in [3.63, 3.8) is 0 Å². The summed E-state index contributed by atoms with van der Waals surface area (Å²) in [5.74, 6) is -5.67. The molecule has 0 aliphatic rings. The van der Waals surface area contributed by atoms with E-state index < -0.39 is 18.0 Å². The third-order valence-corrected chi connectivity index (χ3v) is 2.57. The molecule has 0 aliphatic heterocycles. The van der Waals surface area contributed by atoms with Crippen molar-refractivity contribution in [2.75, 3.05) is 6.61 Å². The molecule has 3 nitrogen and oxygen atoms in total. The van der Waals surface area contributed by atoms with Crippen LogP contribution in [0.15, 0.2) is 30.3 Å². The molecule has 0 radical (unpaired) electrons. The Morgan fingerprint density at radius 1 is 1.47 bits per heavy atom. The summed E-state index contributed by atoms with van der Waals surface area (Å²) in [7, 11) is 0. The van der Waals surface area contributed by atoms with Crippen LogP contribution in [0.25, 0.3) is 6.08 Å². The third kappa shape index (κ3) is 3.86. The van der Waals surface area contributed by atoms with Crippen molar-refractivity contribution in [1.29, 1.82) is 0 Å². The molecule has 0 fully saturated rings. The molecule has 5 heteroatoms. The zero-order valence-corrected chi connectivity index (χ0v) is 10.8. The van der Waals surface area contributed by atoms with Crippen molar-refractivity contribution in [3.05, 3.63) is 41.5 Å². The SMILES string of the molecule is CCOC(=O)C(F)(F)C(O)/C=C/c1ccccc1C. The van der Waals surface area contributed by atoms with E-state index in [1.165, 1.54) is 13.0 Å². The molecule has 1 rings (SSSR count). The monoisotopic (exact) mass is 270 g/mol. The lowest BCUT2D eigenvalue weighted by atomic mass is 10.1. The Labute approximate surface area is 110 Å². The third-order valence-electron chi connectivity index (χ3n) is 2.57. The molecule has 0 spiro atoms. The van der Waals surface area contributed by atoms with Crippen LogP contribution in [0, 0.1) is 6.92 Å². The van der Waals surface area contributed by atoms with E-state index in [9.17, 15) is 18.7 Å². The first kappa shape index (κ1) is 15.3. The summed E-state index contributed by atoms with van der Waals surface area (Å²) in [6.45, 7) is 3.07. The average molecular weight is 270 g/mol. The van der Waals surface area contributed by atoms with Crippen molar-refractivity contribution in [3.8, 4) is 0 Å². The van der Waals surface area contributed by atoms with E-state index in [0.717, 1.165) is 11.6 Å². The van der Waals surface area contributed by atoms with Crippen LogP contribution in [0.5, 0.6) is 0 Å². The summed E-state index contributed by atoms with van der Waals surface area (Å²) >= 11 is 0. The van der Waals surface area contributed by atoms with Gasteiger partial charge in [0.1, 0.15) is 6.10 Å². The maximum absolute atomic E-state index is 13.4. The average Bonchev–Trinajstić information content (AvgIpc) is 2.37. The molecule has 1 unspecified atom stereocenters. The minimum absolute atomic E-state index is 0.164. The van der Waals surface area contributed by atoms with Gasteiger partial charge in [0.25, 0.3) is 0 Å². The molecule has 1 atom stereocenters. The molecule has 0 aromatic heterocycles. The lowest BCUT2D eigenvalue weighted by molar-refractivity contribution is -0.183. The number of aryl methyl sites for hydroxylation is 1. The number of halogens is 2. The zero-order chi connectivity index (χ0) is 14.5. The predicted octanol–water partition coefficient (Wildman–Crippen LogP) is 2.57. The van der Waals surface area contributed by atoms with Crippen molar-refractivity contribution >= 4 is 12.0 Å². The largest absolute Gasteiger partial charge is 0.461 e. The maximum atomic E-state index is 13.4. The molecule has 0 aliphatic carbocycles. The normalized spacial score (nSPS) is 13.5. The second kappa shape index (κ2) is 6.43. The number of alkyl halides is 2. The molecule has 0 bridgehead atoms. The smallest absolute Gasteiger partial charge is 0.380 e. The fraction of sp³-hybridized carbons (Fsp3) is 0.357. The Kier molecular flexibility index (Phi) is 5.18. The minimum atomic E-state index is -3.95. The van der Waals surface area contributed by atoms with Gasteiger partial charge in [-0.15, -0.1) is 0 Å². The van der Waals surface area contributed by atoms with Gasteiger partial charge in [0.2, 0.25) is 0 Å². The van der Waals surface area contributed by atoms with Crippen molar-refractivity contribution in [2.45, 2.75) is 25.9 Å². The molecule has 19 heavy (non-hydrogen) atoms. The second-order valence-electron chi connectivity index (χ2n) is 4.00. The molecule has 0 heterocycles. The molecule has 0 saturated heterocycles. The van der Waals surface area contributed by atoms with E-state index in [0.29, 0.717) is 5.56 Å². The van der Waals surface area contributed by atoms with Crippen molar-refractivity contribution in [1.82, 2.24) is 0 Å². The number of carbonyl (C=O) groups is 1. The molecule has 0 amide bonds. The Morgan fingerprint density at radius 2 is 2.11 bits per heavy atom. The van der Waals surface area contributed by atoms with Crippen LogP contribution < -0.4 is 0 Å². The number of carbonyl (C=O) groups excluding carboxylic acids is 1. The highest BCUT2D eigenvalue weighted by atomic mass is 19.3. The number of aliphatic hydroxyl groups excluding tert-OH is 1. The molecule has 104 valence electrons. The van der Waals surface area contributed by atoms with Crippen LogP contribution >= 0.6 is 0 Å². The summed E-state index contributed by atoms with van der Waals surface area (Å²) < 4.78 is 31.1. The maximum Gasteiger partial charge on any atom is 0.380 e. The number of aliphatic hydroxyl groups is 1. The van der Waals surface area contributed by atoms with E-state index in [2.05, 4.69) is 4.74 Å². The molecular weight excluding hydrogens is 254 g/mol. The molecule has 0 saturated carbocycles. The zero-order valence-electron chi connectivity index (χ0n) is 10.8. The number of benzene rings is 1. The van der Waals surface area contributed by atoms with Gasteiger partial charge in [-0.2, -0.15) is 8.78 Å². The predicted molar refractivity (Wildman–Crippen MR) is 67.8 cm³/mol. The molecule has 1 aromatic carbocycles. The van der Waals surface area contributed by atoms with E-state index in [-0.39, 0.29) is 6.61 Å². The van der Waals surface area contributed by atoms with E-state index >= 15 is 0 Å². The number of ether oxygens (including phenoxy) is 1. The first-order valence-electron chi connectivity index (χ1n) is 5.86. The number of esters is 1. The quantitative estimate of drug-likeness (QED) is 0.836. The van der Waals surface area contributed by atoms with E-state index in [1.807, 2.05) is 19.1 Å². The van der Waals surface area contributed by atoms with Gasteiger partial charge in [-0.25, -0.2) is 4.79 Å². The van der Waals surface area contributed by atoms with Crippen LogP contribution in [0.4, 0.5) is 8.78 Å². The topological polar surface area (TPSA) is 46.5 Å². The van der Waals surface area contributed by atoms with Gasteiger partial charge in [-0.05, 0) is 31.1 Å². The van der Waals surface area contributed by atoms with Crippen molar-refractivity contribution < 1.29 is 23.4 Å². The summed E-state index contributed by atoms with van der Waals surface area (Å²) in [5.41, 5.74) is 1.58. The van der Waals surface area contributed by atoms with Gasteiger partial charge in [-0.1, -0.05) is 30.3 Å². The lowest BCUT2D eigenvalue weighted by Crippen LogP contribution is -2.41. The second-order valence-corrected chi connectivity index (χ2v) is 4.00. The summed E-state index contributed by atoms with van der Waals surface area (Å²) in [5, 5.41) is 9.39. The van der Waals surface area contributed by atoms with Crippen LogP contribution in [0.1, 0.15) is 18.1 Å². The Balaban J connectivity index is 2.81. The Hall–Kier alpha value is -1.75. The molecular formula is C14H16F2O3. The number of hydrogen-bond acceptors (Lipinski definition) is 3. The van der Waals surface area contributed by atoms with Gasteiger partial charge in [0.05, 0.1) is 6.61 Å². The van der Waals surface area contributed by atoms with Gasteiger partial charge in [0.15, 0.2) is 0 Å². The first-order valence-corrected chi connectivity index (χ1v) is 5.86. The fourth-order valence-electron chi connectivity index (χ4n) is 1.44. The number of hydrogen-bond donors (Lipinski definition) is 1. The van der Waals surface area contributed by atoms with Crippen LogP contribution in [0.3, 0.4) is 0 Å². The summed E-state index contributed by atoms with van der Waals surface area (Å²) in [6.07, 6.45) is 0.0259. The lowest BCUT2D eigenvalue weighted by Gasteiger charge is -2.17. The highest BCUT2D eigenvalue weighted by Gasteiger charge is 2.47. The van der Waals surface area contributed by atoms with Gasteiger partial charge >= 0.3 is 11.9 Å². The Morgan fingerprint density at radius 3 is 2.68 bits per heavy atom. The van der Waals surface area contributed by atoms with Gasteiger partial charge in [0, 0.05) is 0 Å². The van der Waals surface area contributed by atoms with Crippen LogP contribution in [0.2, 0.25) is 0 Å². The molecule has 1 aromatic rings. The van der Waals surface area contributed by atoms with Gasteiger partial charge in [-0.3, -0.25) is 0 Å². The van der Waals surface area contributed by atoms with Crippen LogP contribution in [-0.4, -0.2) is 29.7 Å². The Bertz CT molecular complexity index is 470. The fourth-order valence-corrected chi connectivity index (χ4v) is 1.44.